The van der Waals surface area contributed by atoms with Gasteiger partial charge in [-0.25, -0.2) is 9.59 Å². The zero-order chi connectivity index (χ0) is 21.1. The third kappa shape index (κ3) is 4.62. The molecule has 3 rings (SSSR count). The summed E-state index contributed by atoms with van der Waals surface area (Å²) in [6, 6.07) is 9.33. The average molecular weight is 403 g/mol. The van der Waals surface area contributed by atoms with Gasteiger partial charge < -0.3 is 18.9 Å². The minimum Gasteiger partial charge on any atom is -0.464 e. The molecule has 1 amide bonds. The first-order valence-corrected chi connectivity index (χ1v) is 9.82. The Morgan fingerprint density at radius 3 is 2.41 bits per heavy atom. The predicted octanol–water partition coefficient (Wildman–Crippen LogP) is 3.40. The largest absolute Gasteiger partial charge is 0.464 e. The van der Waals surface area contributed by atoms with Crippen LogP contribution in [0.2, 0.25) is 0 Å². The van der Waals surface area contributed by atoms with Crippen molar-refractivity contribution >= 4 is 12.1 Å². The molecule has 1 aromatic rings. The van der Waals surface area contributed by atoms with Crippen LogP contribution in [0, 0.1) is 17.3 Å². The van der Waals surface area contributed by atoms with Gasteiger partial charge in [-0.2, -0.15) is 0 Å². The molecule has 1 heterocycles. The highest BCUT2D eigenvalue weighted by molar-refractivity contribution is 5.92. The zero-order valence-electron chi connectivity index (χ0n) is 17.4. The summed E-state index contributed by atoms with van der Waals surface area (Å²) in [5.41, 5.74) is 0.771. The lowest BCUT2D eigenvalue weighted by Crippen LogP contribution is -2.56. The molecule has 1 aliphatic heterocycles. The fraction of sp³-hybridized carbons (Fsp3) is 0.545. The number of ether oxygens (including phenoxy) is 4. The van der Waals surface area contributed by atoms with E-state index in [2.05, 4.69) is 19.2 Å². The van der Waals surface area contributed by atoms with Crippen molar-refractivity contribution < 1.29 is 28.5 Å². The second-order valence-corrected chi connectivity index (χ2v) is 8.19. The summed E-state index contributed by atoms with van der Waals surface area (Å²) in [4.78, 5) is 24.4. The van der Waals surface area contributed by atoms with Gasteiger partial charge in [0, 0.05) is 5.92 Å². The maximum absolute atomic E-state index is 12.2. The summed E-state index contributed by atoms with van der Waals surface area (Å²) in [6.07, 6.45) is 1.84. The predicted molar refractivity (Wildman–Crippen MR) is 106 cm³/mol. The quantitative estimate of drug-likeness (QED) is 0.579. The molecule has 1 saturated heterocycles. The number of carbonyl (C=O) groups excluding carboxylic acids is 2. The van der Waals surface area contributed by atoms with Crippen molar-refractivity contribution in [1.29, 1.82) is 0 Å². The van der Waals surface area contributed by atoms with E-state index < -0.39 is 17.8 Å². The maximum Gasteiger partial charge on any atom is 0.412 e. The van der Waals surface area contributed by atoms with Crippen molar-refractivity contribution in [2.75, 3.05) is 20.3 Å². The van der Waals surface area contributed by atoms with Crippen molar-refractivity contribution in [2.45, 2.75) is 39.6 Å². The minimum absolute atomic E-state index is 0.0562. The van der Waals surface area contributed by atoms with E-state index in [0.29, 0.717) is 13.2 Å². The fourth-order valence-electron chi connectivity index (χ4n) is 4.20. The normalized spacial score (nSPS) is 25.0. The second kappa shape index (κ2) is 8.55. The molecular weight excluding hydrogens is 374 g/mol. The lowest BCUT2D eigenvalue weighted by atomic mass is 9.52. The minimum atomic E-state index is -0.700. The van der Waals surface area contributed by atoms with Crippen LogP contribution in [0.4, 0.5) is 4.79 Å². The molecule has 2 atom stereocenters. The van der Waals surface area contributed by atoms with Crippen LogP contribution in [0.25, 0.3) is 0 Å². The van der Waals surface area contributed by atoms with E-state index in [9.17, 15) is 9.59 Å². The van der Waals surface area contributed by atoms with Gasteiger partial charge in [0.15, 0.2) is 5.79 Å². The highest BCUT2D eigenvalue weighted by atomic mass is 16.7. The molecule has 1 saturated carbocycles. The Morgan fingerprint density at radius 1 is 1.17 bits per heavy atom. The third-order valence-corrected chi connectivity index (χ3v) is 6.06. The number of carbonyl (C=O) groups is 2. The van der Waals surface area contributed by atoms with Gasteiger partial charge in [0.1, 0.15) is 12.3 Å². The van der Waals surface area contributed by atoms with E-state index in [1.165, 1.54) is 7.11 Å². The second-order valence-electron chi connectivity index (χ2n) is 8.19. The lowest BCUT2D eigenvalue weighted by molar-refractivity contribution is -0.246. The van der Waals surface area contributed by atoms with Gasteiger partial charge in [-0.05, 0) is 36.3 Å². The van der Waals surface area contributed by atoms with E-state index >= 15 is 0 Å². The Balaban J connectivity index is 1.65. The van der Waals surface area contributed by atoms with Crippen LogP contribution >= 0.6 is 0 Å². The van der Waals surface area contributed by atoms with Crippen LogP contribution in [0.5, 0.6) is 0 Å². The van der Waals surface area contributed by atoms with Crippen LogP contribution in [0.15, 0.2) is 42.1 Å². The van der Waals surface area contributed by atoms with Crippen LogP contribution in [-0.4, -0.2) is 38.2 Å². The highest BCUT2D eigenvalue weighted by Crippen LogP contribution is 2.58. The van der Waals surface area contributed by atoms with Crippen molar-refractivity contribution in [3.8, 4) is 0 Å². The van der Waals surface area contributed by atoms with E-state index in [0.717, 1.165) is 12.0 Å². The number of amides is 1. The topological polar surface area (TPSA) is 83.1 Å². The highest BCUT2D eigenvalue weighted by Gasteiger charge is 2.57. The first-order valence-electron chi connectivity index (χ1n) is 9.82. The number of hydrogen-bond acceptors (Lipinski definition) is 6. The van der Waals surface area contributed by atoms with Gasteiger partial charge in [-0.3, -0.25) is 5.32 Å². The Kier molecular flexibility index (Phi) is 6.29. The Hall–Kier alpha value is -2.38. The van der Waals surface area contributed by atoms with Gasteiger partial charge in [-0.15, -0.1) is 0 Å². The molecule has 2 fully saturated rings. The van der Waals surface area contributed by atoms with Crippen molar-refractivity contribution in [3.05, 3.63) is 47.7 Å². The summed E-state index contributed by atoms with van der Waals surface area (Å²) >= 11 is 0. The maximum atomic E-state index is 12.2. The van der Waals surface area contributed by atoms with E-state index in [-0.39, 0.29) is 29.6 Å². The number of benzene rings is 1. The molecule has 1 N–H and O–H groups in total. The number of allylic oxidation sites excluding steroid dienone is 1. The number of rotatable bonds is 6. The fourth-order valence-corrected chi connectivity index (χ4v) is 4.20. The molecule has 0 bridgehead atoms. The summed E-state index contributed by atoms with van der Waals surface area (Å²) in [5, 5.41) is 2.53. The monoisotopic (exact) mass is 403 g/mol. The molecule has 29 heavy (non-hydrogen) atoms. The molecule has 0 aromatic heterocycles. The number of hydrogen-bond donors (Lipinski definition) is 1. The van der Waals surface area contributed by atoms with Crippen molar-refractivity contribution in [2.24, 2.45) is 17.3 Å². The standard InChI is InChI=1S/C22H29NO6/c1-21(2)16(13-18(21)22(3)28-10-11-29-22)12-17(19(24)26-4)23-20(25)27-14-15-8-6-5-7-9-15/h5-9,12,16,18H,10-11,13-14H2,1-4H3,(H,23,25)/b17-12-/t16-,18+/m0/s1. The van der Waals surface area contributed by atoms with Crippen molar-refractivity contribution in [1.82, 2.24) is 5.32 Å². The SMILES string of the molecule is COC(=O)/C(=C/[C@H]1C[C@@H](C2(C)OCCO2)C1(C)C)NC(=O)OCc1ccccc1. The molecule has 0 spiro atoms. The summed E-state index contributed by atoms with van der Waals surface area (Å²) in [5.74, 6) is -0.981. The van der Waals surface area contributed by atoms with Crippen LogP contribution in [0.3, 0.4) is 0 Å². The van der Waals surface area contributed by atoms with E-state index in [4.69, 9.17) is 18.9 Å². The van der Waals surface area contributed by atoms with E-state index in [1.807, 2.05) is 37.3 Å². The lowest BCUT2D eigenvalue weighted by Gasteiger charge is -2.56. The molecule has 1 aliphatic carbocycles. The first kappa shape index (κ1) is 21.3. The number of alkyl carbamates (subject to hydrolysis) is 1. The zero-order valence-corrected chi connectivity index (χ0v) is 17.4. The number of nitrogens with one attached hydrogen (secondary N) is 1. The molecule has 0 unspecified atom stereocenters. The summed E-state index contributed by atoms with van der Waals surface area (Å²) in [6.45, 7) is 7.48. The number of esters is 1. The smallest absolute Gasteiger partial charge is 0.412 e. The van der Waals surface area contributed by atoms with Gasteiger partial charge in [0.05, 0.1) is 20.3 Å². The molecule has 0 radical (unpaired) electrons. The summed E-state index contributed by atoms with van der Waals surface area (Å²) < 4.78 is 21.7. The molecular formula is C22H29NO6. The van der Waals surface area contributed by atoms with Crippen molar-refractivity contribution in [3.63, 3.8) is 0 Å². The third-order valence-electron chi connectivity index (χ3n) is 6.06. The molecule has 1 aromatic carbocycles. The molecule has 158 valence electrons. The Bertz CT molecular complexity index is 767. The first-order chi connectivity index (χ1) is 13.8. The summed E-state index contributed by atoms with van der Waals surface area (Å²) in [7, 11) is 1.28. The van der Waals surface area contributed by atoms with E-state index in [1.54, 1.807) is 6.08 Å². The van der Waals surface area contributed by atoms with Crippen LogP contribution in [0.1, 0.15) is 32.8 Å². The van der Waals surface area contributed by atoms with Gasteiger partial charge in [0.2, 0.25) is 0 Å². The van der Waals surface area contributed by atoms with Crippen LogP contribution in [-0.2, 0) is 30.3 Å². The Morgan fingerprint density at radius 2 is 1.83 bits per heavy atom. The average Bonchev–Trinajstić information content (AvgIpc) is 3.15. The molecule has 2 aliphatic rings. The molecule has 7 nitrogen and oxygen atoms in total. The molecule has 7 heteroatoms. The van der Waals surface area contributed by atoms with Gasteiger partial charge in [-0.1, -0.05) is 44.2 Å². The van der Waals surface area contributed by atoms with Gasteiger partial charge in [0.25, 0.3) is 0 Å². The Labute approximate surface area is 171 Å². The number of methoxy groups -OCH3 is 1. The van der Waals surface area contributed by atoms with Gasteiger partial charge >= 0.3 is 12.1 Å². The van der Waals surface area contributed by atoms with Crippen LogP contribution < -0.4 is 5.32 Å².